The molecule has 0 bridgehead atoms. The summed E-state index contributed by atoms with van der Waals surface area (Å²) in [6.45, 7) is 0.163. The highest BCUT2D eigenvalue weighted by Crippen LogP contribution is 2.45. The third-order valence-electron chi connectivity index (χ3n) is 4.95. The van der Waals surface area contributed by atoms with E-state index >= 15 is 0 Å². The Morgan fingerprint density at radius 2 is 1.77 bits per heavy atom. The van der Waals surface area contributed by atoms with Gasteiger partial charge in [0.15, 0.2) is 0 Å². The number of anilines is 2. The minimum Gasteiger partial charge on any atom is -0.444 e. The van der Waals surface area contributed by atoms with Crippen LogP contribution in [-0.2, 0) is 24.2 Å². The largest absolute Gasteiger partial charge is 0.444 e. The van der Waals surface area contributed by atoms with Gasteiger partial charge in [0, 0.05) is 10.6 Å². The molecule has 0 unspecified atom stereocenters. The van der Waals surface area contributed by atoms with Crippen molar-refractivity contribution in [3.05, 3.63) is 70.8 Å². The third kappa shape index (κ3) is 4.36. The van der Waals surface area contributed by atoms with Gasteiger partial charge in [0.2, 0.25) is 0 Å². The lowest BCUT2D eigenvalue weighted by atomic mass is 9.89. The van der Waals surface area contributed by atoms with Crippen LogP contribution >= 0.6 is 11.3 Å². The van der Waals surface area contributed by atoms with E-state index in [1.807, 2.05) is 42.5 Å². The first-order valence-electron chi connectivity index (χ1n) is 9.55. The van der Waals surface area contributed by atoms with E-state index in [-0.39, 0.29) is 12.2 Å². The standard InChI is InChI=1S/C22H20N4O4S/c23-19(27)17-15-9-7-13-6-8-14(10-16(13)18(15)31-20(17)26-21(24)28)25-22(29)30-11-12-4-2-1-3-5-12/h1-6,8,10H,7,9,11H2,(H2,23,27)(H,25,29)(H3,24,26,28). The number of nitrogens with one attached hydrogen (secondary N) is 2. The van der Waals surface area contributed by atoms with E-state index in [9.17, 15) is 14.4 Å². The summed E-state index contributed by atoms with van der Waals surface area (Å²) in [6.07, 6.45) is 0.747. The number of aryl methyl sites for hydroxylation is 1. The van der Waals surface area contributed by atoms with Gasteiger partial charge in [-0.25, -0.2) is 9.59 Å². The summed E-state index contributed by atoms with van der Waals surface area (Å²) in [5.41, 5.74) is 15.2. The average molecular weight is 436 g/mol. The first-order chi connectivity index (χ1) is 14.9. The second-order valence-electron chi connectivity index (χ2n) is 7.03. The maximum absolute atomic E-state index is 12.2. The van der Waals surface area contributed by atoms with Crippen molar-refractivity contribution >= 4 is 40.1 Å². The Morgan fingerprint density at radius 1 is 1.00 bits per heavy atom. The van der Waals surface area contributed by atoms with Gasteiger partial charge in [0.1, 0.15) is 11.6 Å². The van der Waals surface area contributed by atoms with Crippen LogP contribution in [0.5, 0.6) is 0 Å². The second-order valence-corrected chi connectivity index (χ2v) is 8.05. The van der Waals surface area contributed by atoms with E-state index in [1.54, 1.807) is 6.07 Å². The zero-order valence-electron chi connectivity index (χ0n) is 16.4. The van der Waals surface area contributed by atoms with Crippen LogP contribution in [0.15, 0.2) is 48.5 Å². The number of primary amides is 2. The van der Waals surface area contributed by atoms with Gasteiger partial charge in [-0.3, -0.25) is 15.4 Å². The van der Waals surface area contributed by atoms with Crippen LogP contribution in [-0.4, -0.2) is 18.0 Å². The molecule has 4 rings (SSSR count). The van der Waals surface area contributed by atoms with Crippen molar-refractivity contribution in [3.63, 3.8) is 0 Å². The Balaban J connectivity index is 1.58. The molecule has 0 saturated carbocycles. The number of fused-ring (bicyclic) bond motifs is 3. The van der Waals surface area contributed by atoms with Crippen LogP contribution in [0.4, 0.5) is 20.3 Å². The number of carbonyl (C=O) groups excluding carboxylic acids is 3. The van der Waals surface area contributed by atoms with Crippen LogP contribution in [0.25, 0.3) is 10.4 Å². The zero-order chi connectivity index (χ0) is 22.0. The number of amides is 4. The molecule has 0 aliphatic heterocycles. The quantitative estimate of drug-likeness (QED) is 0.483. The van der Waals surface area contributed by atoms with Crippen molar-refractivity contribution in [3.8, 4) is 10.4 Å². The summed E-state index contributed by atoms with van der Waals surface area (Å²) in [7, 11) is 0. The molecule has 0 atom stereocenters. The lowest BCUT2D eigenvalue weighted by Crippen LogP contribution is -2.22. The van der Waals surface area contributed by atoms with Gasteiger partial charge in [0.05, 0.1) is 5.56 Å². The lowest BCUT2D eigenvalue weighted by molar-refractivity contribution is 0.100. The van der Waals surface area contributed by atoms with Crippen molar-refractivity contribution in [2.45, 2.75) is 19.4 Å². The van der Waals surface area contributed by atoms with Crippen molar-refractivity contribution in [1.82, 2.24) is 0 Å². The predicted molar refractivity (Wildman–Crippen MR) is 119 cm³/mol. The molecule has 31 heavy (non-hydrogen) atoms. The molecule has 1 heterocycles. The fraction of sp³-hybridized carbons (Fsp3) is 0.136. The third-order valence-corrected chi connectivity index (χ3v) is 6.13. The van der Waals surface area contributed by atoms with E-state index in [4.69, 9.17) is 16.2 Å². The topological polar surface area (TPSA) is 137 Å². The summed E-state index contributed by atoms with van der Waals surface area (Å²) in [4.78, 5) is 36.4. The van der Waals surface area contributed by atoms with Gasteiger partial charge >= 0.3 is 12.1 Å². The molecule has 158 valence electrons. The van der Waals surface area contributed by atoms with Crippen LogP contribution < -0.4 is 22.1 Å². The van der Waals surface area contributed by atoms with Crippen molar-refractivity contribution in [1.29, 1.82) is 0 Å². The fourth-order valence-corrected chi connectivity index (χ4v) is 4.91. The Morgan fingerprint density at radius 3 is 2.48 bits per heavy atom. The number of ether oxygens (including phenoxy) is 1. The fourth-order valence-electron chi connectivity index (χ4n) is 3.60. The maximum atomic E-state index is 12.2. The molecule has 0 fully saturated rings. The van der Waals surface area contributed by atoms with Gasteiger partial charge in [-0.2, -0.15) is 0 Å². The van der Waals surface area contributed by atoms with Gasteiger partial charge in [-0.1, -0.05) is 36.4 Å². The molecule has 9 heteroatoms. The molecule has 3 aromatic rings. The maximum Gasteiger partial charge on any atom is 0.411 e. The molecule has 0 radical (unpaired) electrons. The minimum absolute atomic E-state index is 0.163. The SMILES string of the molecule is NC(=O)Nc1sc2c(c1C(N)=O)CCc1ccc(NC(=O)OCc3ccccc3)cc1-2. The predicted octanol–water partition coefficient (Wildman–Crippen LogP) is 3.85. The molecular formula is C22H20N4O4S. The summed E-state index contributed by atoms with van der Waals surface area (Å²) < 4.78 is 5.27. The number of rotatable bonds is 5. The highest BCUT2D eigenvalue weighted by Gasteiger charge is 2.28. The Kier molecular flexibility index (Phi) is 5.59. The molecular weight excluding hydrogens is 416 g/mol. The highest BCUT2D eigenvalue weighted by atomic mass is 32.1. The molecule has 2 aromatic carbocycles. The molecule has 0 spiro atoms. The van der Waals surface area contributed by atoms with Crippen LogP contribution in [0.2, 0.25) is 0 Å². The minimum atomic E-state index is -0.766. The first-order valence-corrected chi connectivity index (χ1v) is 10.4. The van der Waals surface area contributed by atoms with E-state index in [2.05, 4.69) is 10.6 Å². The molecule has 1 aliphatic carbocycles. The van der Waals surface area contributed by atoms with Crippen LogP contribution in [0.3, 0.4) is 0 Å². The van der Waals surface area contributed by atoms with Crippen molar-refractivity contribution in [2.24, 2.45) is 11.5 Å². The Bertz CT molecular complexity index is 1170. The molecule has 8 nitrogen and oxygen atoms in total. The Labute approximate surface area is 182 Å². The van der Waals surface area contributed by atoms with Gasteiger partial charge in [-0.15, -0.1) is 11.3 Å². The first kappa shape index (κ1) is 20.4. The average Bonchev–Trinajstić information content (AvgIpc) is 3.11. The number of benzene rings is 2. The molecule has 4 amide bonds. The monoisotopic (exact) mass is 436 g/mol. The van der Waals surface area contributed by atoms with Gasteiger partial charge in [-0.05, 0) is 47.2 Å². The lowest BCUT2D eigenvalue weighted by Gasteiger charge is -2.18. The van der Waals surface area contributed by atoms with Gasteiger partial charge < -0.3 is 16.2 Å². The second kappa shape index (κ2) is 8.49. The number of urea groups is 1. The van der Waals surface area contributed by atoms with Crippen LogP contribution in [0.1, 0.15) is 27.0 Å². The summed E-state index contributed by atoms with van der Waals surface area (Å²) in [5, 5.41) is 5.55. The van der Waals surface area contributed by atoms with Crippen molar-refractivity contribution in [2.75, 3.05) is 10.6 Å². The molecule has 1 aliphatic rings. The van der Waals surface area contributed by atoms with Crippen molar-refractivity contribution < 1.29 is 19.1 Å². The number of nitrogens with two attached hydrogens (primary N) is 2. The van der Waals surface area contributed by atoms with E-state index in [0.29, 0.717) is 23.5 Å². The molecule has 6 N–H and O–H groups in total. The number of hydrogen-bond acceptors (Lipinski definition) is 5. The Hall–Kier alpha value is -3.85. The van der Waals surface area contributed by atoms with E-state index in [0.717, 1.165) is 27.1 Å². The number of carbonyl (C=O) groups is 3. The van der Waals surface area contributed by atoms with Gasteiger partial charge in [0.25, 0.3) is 5.91 Å². The number of hydrogen-bond donors (Lipinski definition) is 4. The normalized spacial score (nSPS) is 11.7. The number of thiophene rings is 1. The summed E-state index contributed by atoms with van der Waals surface area (Å²) in [6, 6.07) is 14.2. The van der Waals surface area contributed by atoms with E-state index in [1.165, 1.54) is 11.3 Å². The van der Waals surface area contributed by atoms with E-state index < -0.39 is 18.0 Å². The molecule has 1 aromatic heterocycles. The van der Waals surface area contributed by atoms with Crippen LogP contribution in [0, 0.1) is 0 Å². The zero-order valence-corrected chi connectivity index (χ0v) is 17.3. The molecule has 0 saturated heterocycles. The summed E-state index contributed by atoms with van der Waals surface area (Å²) >= 11 is 1.24. The summed E-state index contributed by atoms with van der Waals surface area (Å²) in [5.74, 6) is -0.622. The smallest absolute Gasteiger partial charge is 0.411 e. The highest BCUT2D eigenvalue weighted by molar-refractivity contribution is 7.20.